The molecule has 2 rings (SSSR count). The molecule has 106 valence electrons. The summed E-state index contributed by atoms with van der Waals surface area (Å²) in [5, 5.41) is 10.5. The Labute approximate surface area is 133 Å². The van der Waals surface area contributed by atoms with Crippen molar-refractivity contribution in [2.45, 2.75) is 30.8 Å². The summed E-state index contributed by atoms with van der Waals surface area (Å²) < 4.78 is 2.08. The van der Waals surface area contributed by atoms with E-state index in [1.165, 1.54) is 0 Å². The second-order valence-corrected chi connectivity index (χ2v) is 5.95. The summed E-state index contributed by atoms with van der Waals surface area (Å²) in [6, 6.07) is 5.66. The molecule has 1 aromatic carbocycles. The minimum atomic E-state index is 0.573. The Morgan fingerprint density at radius 3 is 2.75 bits per heavy atom. The highest BCUT2D eigenvalue weighted by molar-refractivity contribution is 7.98. The van der Waals surface area contributed by atoms with Crippen LogP contribution in [0.2, 0.25) is 10.0 Å². The highest BCUT2D eigenvalue weighted by atomic mass is 35.5. The van der Waals surface area contributed by atoms with E-state index in [4.69, 9.17) is 23.2 Å². The molecule has 0 saturated heterocycles. The summed E-state index contributed by atoms with van der Waals surface area (Å²) in [6.45, 7) is 6.56. The van der Waals surface area contributed by atoms with Gasteiger partial charge in [0, 0.05) is 18.7 Å². The van der Waals surface area contributed by atoms with Gasteiger partial charge in [0.25, 0.3) is 0 Å². The van der Waals surface area contributed by atoms with Gasteiger partial charge >= 0.3 is 0 Å². The van der Waals surface area contributed by atoms with Gasteiger partial charge in [-0.3, -0.25) is 0 Å². The monoisotopic (exact) mass is 327 g/mol. The Balaban J connectivity index is 2.12. The van der Waals surface area contributed by atoms with E-state index in [9.17, 15) is 0 Å². The van der Waals surface area contributed by atoms with E-state index in [-0.39, 0.29) is 0 Å². The number of hydrogen-bond donors (Lipinski definition) is 0. The zero-order valence-corrected chi connectivity index (χ0v) is 13.5. The van der Waals surface area contributed by atoms with Crippen LogP contribution in [0.15, 0.2) is 36.0 Å². The van der Waals surface area contributed by atoms with E-state index in [2.05, 4.69) is 28.3 Å². The van der Waals surface area contributed by atoms with Crippen LogP contribution in [-0.2, 0) is 18.7 Å². The molecule has 1 aromatic heterocycles. The molecule has 3 nitrogen and oxygen atoms in total. The molecular formula is C14H15Cl2N3S. The fourth-order valence-corrected chi connectivity index (χ4v) is 3.01. The molecule has 0 N–H and O–H groups in total. The van der Waals surface area contributed by atoms with Crippen LogP contribution < -0.4 is 0 Å². The second-order valence-electron chi connectivity index (χ2n) is 4.19. The number of benzene rings is 1. The third-order valence-corrected chi connectivity index (χ3v) is 4.55. The molecule has 0 atom stereocenters. The summed E-state index contributed by atoms with van der Waals surface area (Å²) in [6.07, 6.45) is 2.71. The van der Waals surface area contributed by atoms with Crippen LogP contribution in [0, 0.1) is 0 Å². The van der Waals surface area contributed by atoms with Gasteiger partial charge in [-0.15, -0.1) is 16.8 Å². The van der Waals surface area contributed by atoms with E-state index in [1.807, 2.05) is 24.3 Å². The van der Waals surface area contributed by atoms with Gasteiger partial charge in [0.05, 0.1) is 10.0 Å². The smallest absolute Gasteiger partial charge is 0.191 e. The van der Waals surface area contributed by atoms with Crippen LogP contribution in [0.1, 0.15) is 18.3 Å². The fourth-order valence-electron chi connectivity index (χ4n) is 1.78. The third kappa shape index (κ3) is 3.57. The average Bonchev–Trinajstić information content (AvgIpc) is 2.83. The molecule has 1 heterocycles. The third-order valence-electron chi connectivity index (χ3n) is 2.77. The van der Waals surface area contributed by atoms with E-state index in [0.717, 1.165) is 35.3 Å². The van der Waals surface area contributed by atoms with Crippen molar-refractivity contribution in [1.82, 2.24) is 14.8 Å². The second kappa shape index (κ2) is 7.16. The molecular weight excluding hydrogens is 313 g/mol. The lowest BCUT2D eigenvalue weighted by atomic mass is 10.2. The Bertz CT molecular complexity index is 610. The zero-order chi connectivity index (χ0) is 14.5. The first-order valence-corrected chi connectivity index (χ1v) is 7.99. The standard InChI is InChI=1S/C14H15Cl2N3S/c1-3-7-19-13(4-2)17-18-14(19)20-9-10-5-6-11(15)12(16)8-10/h3,5-6,8H,1,4,7,9H2,2H3. The maximum Gasteiger partial charge on any atom is 0.191 e. The lowest BCUT2D eigenvalue weighted by Crippen LogP contribution is -2.02. The Hall–Kier alpha value is -0.970. The first-order valence-electron chi connectivity index (χ1n) is 6.25. The summed E-state index contributed by atoms with van der Waals surface area (Å²) in [5.74, 6) is 1.75. The molecule has 0 saturated carbocycles. The van der Waals surface area contributed by atoms with Crippen molar-refractivity contribution in [2.24, 2.45) is 0 Å². The molecule has 6 heteroatoms. The molecule has 20 heavy (non-hydrogen) atoms. The molecule has 0 unspecified atom stereocenters. The summed E-state index contributed by atoms with van der Waals surface area (Å²) in [7, 11) is 0. The maximum absolute atomic E-state index is 6.02. The zero-order valence-electron chi connectivity index (χ0n) is 11.1. The van der Waals surface area contributed by atoms with E-state index >= 15 is 0 Å². The van der Waals surface area contributed by atoms with Crippen LogP contribution >= 0.6 is 35.0 Å². The quantitative estimate of drug-likeness (QED) is 0.572. The first-order chi connectivity index (χ1) is 9.65. The van der Waals surface area contributed by atoms with Gasteiger partial charge in [0.2, 0.25) is 0 Å². The molecule has 2 aromatic rings. The Kier molecular flexibility index (Phi) is 5.52. The van der Waals surface area contributed by atoms with E-state index in [1.54, 1.807) is 11.8 Å². The lowest BCUT2D eigenvalue weighted by molar-refractivity contribution is 0.685. The predicted octanol–water partition coefficient (Wildman–Crippen LogP) is 4.63. The lowest BCUT2D eigenvalue weighted by Gasteiger charge is -2.07. The number of allylic oxidation sites excluding steroid dienone is 1. The predicted molar refractivity (Wildman–Crippen MR) is 85.6 cm³/mol. The van der Waals surface area contributed by atoms with Gasteiger partial charge in [0.1, 0.15) is 5.82 Å². The molecule has 0 fully saturated rings. The average molecular weight is 328 g/mol. The van der Waals surface area contributed by atoms with Crippen molar-refractivity contribution in [3.05, 3.63) is 52.3 Å². The normalized spacial score (nSPS) is 10.8. The van der Waals surface area contributed by atoms with Gasteiger partial charge in [0.15, 0.2) is 5.16 Å². The van der Waals surface area contributed by atoms with Gasteiger partial charge < -0.3 is 4.57 Å². The maximum atomic E-state index is 6.02. The van der Waals surface area contributed by atoms with E-state index < -0.39 is 0 Å². The topological polar surface area (TPSA) is 30.7 Å². The molecule has 0 aliphatic rings. The molecule has 0 radical (unpaired) electrons. The van der Waals surface area contributed by atoms with Gasteiger partial charge in [-0.25, -0.2) is 0 Å². The molecule has 0 bridgehead atoms. The molecule has 0 aliphatic carbocycles. The number of nitrogens with zero attached hydrogens (tertiary/aromatic N) is 3. The molecule has 0 amide bonds. The SMILES string of the molecule is C=CCn1c(CC)nnc1SCc1ccc(Cl)c(Cl)c1. The minimum absolute atomic E-state index is 0.573. The first kappa shape index (κ1) is 15.4. The van der Waals surface area contributed by atoms with Crippen LogP contribution in [0.3, 0.4) is 0 Å². The van der Waals surface area contributed by atoms with Gasteiger partial charge in [-0.1, -0.05) is 54.0 Å². The Morgan fingerprint density at radius 2 is 2.10 bits per heavy atom. The van der Waals surface area contributed by atoms with Crippen molar-refractivity contribution < 1.29 is 0 Å². The van der Waals surface area contributed by atoms with Crippen molar-refractivity contribution in [3.8, 4) is 0 Å². The van der Waals surface area contributed by atoms with E-state index in [0.29, 0.717) is 10.0 Å². The van der Waals surface area contributed by atoms with Crippen molar-refractivity contribution in [1.29, 1.82) is 0 Å². The van der Waals surface area contributed by atoms with Crippen molar-refractivity contribution >= 4 is 35.0 Å². The highest BCUT2D eigenvalue weighted by Gasteiger charge is 2.10. The summed E-state index contributed by atoms with van der Waals surface area (Å²) >= 11 is 13.6. The Morgan fingerprint density at radius 1 is 1.30 bits per heavy atom. The number of aryl methyl sites for hydroxylation is 1. The van der Waals surface area contributed by atoms with Crippen molar-refractivity contribution in [2.75, 3.05) is 0 Å². The van der Waals surface area contributed by atoms with Gasteiger partial charge in [-0.2, -0.15) is 0 Å². The molecule has 0 aliphatic heterocycles. The van der Waals surface area contributed by atoms with Gasteiger partial charge in [-0.05, 0) is 17.7 Å². The van der Waals surface area contributed by atoms with Crippen LogP contribution in [0.4, 0.5) is 0 Å². The van der Waals surface area contributed by atoms with Crippen LogP contribution in [0.25, 0.3) is 0 Å². The van der Waals surface area contributed by atoms with Crippen LogP contribution in [0.5, 0.6) is 0 Å². The number of hydrogen-bond acceptors (Lipinski definition) is 3. The van der Waals surface area contributed by atoms with Crippen molar-refractivity contribution in [3.63, 3.8) is 0 Å². The number of thioether (sulfide) groups is 1. The highest BCUT2D eigenvalue weighted by Crippen LogP contribution is 2.27. The minimum Gasteiger partial charge on any atom is -0.302 e. The number of rotatable bonds is 6. The number of halogens is 2. The number of aromatic nitrogens is 3. The fraction of sp³-hybridized carbons (Fsp3) is 0.286. The molecule has 0 spiro atoms. The largest absolute Gasteiger partial charge is 0.302 e. The van der Waals surface area contributed by atoms with Crippen LogP contribution in [-0.4, -0.2) is 14.8 Å². The summed E-state index contributed by atoms with van der Waals surface area (Å²) in [4.78, 5) is 0. The summed E-state index contributed by atoms with van der Waals surface area (Å²) in [5.41, 5.74) is 1.11.